The summed E-state index contributed by atoms with van der Waals surface area (Å²) in [6, 6.07) is 4.68. The monoisotopic (exact) mass is 335 g/mol. The van der Waals surface area contributed by atoms with Crippen molar-refractivity contribution < 1.29 is 9.72 Å². The molecule has 0 radical (unpaired) electrons. The van der Waals surface area contributed by atoms with E-state index in [4.69, 9.17) is 0 Å². The quantitative estimate of drug-likeness (QED) is 0.482. The van der Waals surface area contributed by atoms with Crippen LogP contribution in [0.3, 0.4) is 0 Å². The molecule has 0 aliphatic carbocycles. The number of carbonyl (C=O) groups excluding carboxylic acids is 1. The van der Waals surface area contributed by atoms with Gasteiger partial charge >= 0.3 is 0 Å². The van der Waals surface area contributed by atoms with E-state index in [1.54, 1.807) is 12.1 Å². The fourth-order valence-corrected chi connectivity index (χ4v) is 1.67. The molecule has 0 atom stereocenters. The summed E-state index contributed by atoms with van der Waals surface area (Å²) >= 11 is 6.12. The van der Waals surface area contributed by atoms with Gasteiger partial charge in [-0.25, -0.2) is 0 Å². The number of ketones is 1. The molecule has 1 aromatic carbocycles. The Labute approximate surface area is 103 Å². The van der Waals surface area contributed by atoms with E-state index in [0.717, 1.165) is 0 Å². The second-order valence-corrected chi connectivity index (χ2v) is 4.31. The average molecular weight is 337 g/mol. The van der Waals surface area contributed by atoms with Gasteiger partial charge < -0.3 is 0 Å². The molecule has 15 heavy (non-hydrogen) atoms. The summed E-state index contributed by atoms with van der Waals surface area (Å²) in [7, 11) is 0. The van der Waals surface area contributed by atoms with Gasteiger partial charge in [0.05, 0.1) is 14.7 Å². The van der Waals surface area contributed by atoms with Crippen molar-refractivity contribution in [3.05, 3.63) is 38.3 Å². The van der Waals surface area contributed by atoms with Gasteiger partial charge in [0, 0.05) is 12.5 Å². The molecule has 80 valence electrons. The number of hydrogen-bond donors (Lipinski definition) is 0. The molecule has 1 aromatic rings. The summed E-state index contributed by atoms with van der Waals surface area (Å²) in [5, 5.41) is 10.9. The zero-order chi connectivity index (χ0) is 11.4. The number of Topliss-reactive ketones (excluding diaryl/α,β-unsaturated/α-hetero) is 1. The lowest BCUT2D eigenvalue weighted by molar-refractivity contribution is -0.385. The molecule has 0 fully saturated rings. The van der Waals surface area contributed by atoms with Crippen LogP contribution >= 0.6 is 31.9 Å². The number of hydrogen-bond acceptors (Lipinski definition) is 3. The maximum Gasteiger partial charge on any atom is 0.283 e. The molecule has 0 N–H and O–H groups in total. The smallest absolute Gasteiger partial charge is 0.283 e. The lowest BCUT2D eigenvalue weighted by Gasteiger charge is -2.00. The molecule has 0 heterocycles. The number of nitrogens with zero attached hydrogens (tertiary/aromatic N) is 1. The van der Waals surface area contributed by atoms with E-state index in [1.165, 1.54) is 6.07 Å². The molecule has 6 heteroatoms. The van der Waals surface area contributed by atoms with E-state index in [2.05, 4.69) is 31.9 Å². The van der Waals surface area contributed by atoms with Crippen LogP contribution in [0.4, 0.5) is 5.69 Å². The van der Waals surface area contributed by atoms with Crippen molar-refractivity contribution in [3.8, 4) is 0 Å². The lowest BCUT2D eigenvalue weighted by atomic mass is 10.1. The van der Waals surface area contributed by atoms with Gasteiger partial charge in [-0.1, -0.05) is 22.0 Å². The summed E-state index contributed by atoms with van der Waals surface area (Å²) in [5.74, 6) is -0.00776. The number of carbonyl (C=O) groups is 1. The predicted octanol–water partition coefficient (Wildman–Crippen LogP) is 2.86. The highest BCUT2D eigenvalue weighted by Gasteiger charge is 2.13. The van der Waals surface area contributed by atoms with Gasteiger partial charge in [-0.2, -0.15) is 0 Å². The molecular weight excluding hydrogens is 330 g/mol. The maximum absolute atomic E-state index is 11.1. The normalized spacial score (nSPS) is 10.0. The molecule has 0 spiro atoms. The Morgan fingerprint density at radius 1 is 1.47 bits per heavy atom. The van der Waals surface area contributed by atoms with Crippen molar-refractivity contribution in [2.75, 3.05) is 5.33 Å². The van der Waals surface area contributed by atoms with Gasteiger partial charge in [0.1, 0.15) is 5.78 Å². The molecular formula is C9H7Br2NO3. The van der Waals surface area contributed by atoms with Crippen LogP contribution in [-0.2, 0) is 11.2 Å². The van der Waals surface area contributed by atoms with E-state index in [0.29, 0.717) is 10.0 Å². The third kappa shape index (κ3) is 3.39. The Morgan fingerprint density at radius 2 is 2.13 bits per heavy atom. The average Bonchev–Trinajstić information content (AvgIpc) is 2.20. The predicted molar refractivity (Wildman–Crippen MR) is 63.3 cm³/mol. The first-order chi connectivity index (χ1) is 7.04. The van der Waals surface area contributed by atoms with Gasteiger partial charge in [-0.15, -0.1) is 0 Å². The van der Waals surface area contributed by atoms with Crippen molar-refractivity contribution >= 4 is 43.3 Å². The summed E-state index contributed by atoms with van der Waals surface area (Å²) in [4.78, 5) is 21.2. The van der Waals surface area contributed by atoms with E-state index in [9.17, 15) is 14.9 Å². The summed E-state index contributed by atoms with van der Waals surface area (Å²) < 4.78 is 0.419. The van der Waals surface area contributed by atoms with E-state index in [1.807, 2.05) is 0 Å². The fourth-order valence-electron chi connectivity index (χ4n) is 1.08. The van der Waals surface area contributed by atoms with Crippen LogP contribution in [0.1, 0.15) is 5.56 Å². The van der Waals surface area contributed by atoms with Crippen LogP contribution in [0, 0.1) is 10.1 Å². The standard InChI is InChI=1S/C9H7Br2NO3/c10-5-7(13)3-6-1-2-8(11)9(4-6)12(14)15/h1-2,4H,3,5H2. The molecule has 0 saturated heterocycles. The number of halogens is 2. The zero-order valence-electron chi connectivity index (χ0n) is 7.57. The van der Waals surface area contributed by atoms with Crippen LogP contribution in [0.2, 0.25) is 0 Å². The lowest BCUT2D eigenvalue weighted by Crippen LogP contribution is -2.03. The van der Waals surface area contributed by atoms with Crippen molar-refractivity contribution in [2.45, 2.75) is 6.42 Å². The Bertz CT molecular complexity index is 406. The molecule has 4 nitrogen and oxygen atoms in total. The largest absolute Gasteiger partial charge is 0.298 e. The van der Waals surface area contributed by atoms with Crippen LogP contribution < -0.4 is 0 Å². The number of rotatable bonds is 4. The second-order valence-electron chi connectivity index (χ2n) is 2.89. The Morgan fingerprint density at radius 3 is 2.67 bits per heavy atom. The van der Waals surface area contributed by atoms with E-state index < -0.39 is 4.92 Å². The number of nitro benzene ring substituents is 1. The first-order valence-corrected chi connectivity index (χ1v) is 5.96. The number of nitro groups is 1. The van der Waals surface area contributed by atoms with Crippen molar-refractivity contribution in [1.82, 2.24) is 0 Å². The summed E-state index contributed by atoms with van der Waals surface area (Å²) in [5.41, 5.74) is 0.629. The molecule has 0 aliphatic heterocycles. The number of benzene rings is 1. The van der Waals surface area contributed by atoms with Gasteiger partial charge in [0.25, 0.3) is 5.69 Å². The molecule has 0 bridgehead atoms. The van der Waals surface area contributed by atoms with Crippen LogP contribution in [0.5, 0.6) is 0 Å². The summed E-state index contributed by atoms with van der Waals surface area (Å²) in [6.45, 7) is 0. The van der Waals surface area contributed by atoms with E-state index >= 15 is 0 Å². The maximum atomic E-state index is 11.1. The highest BCUT2D eigenvalue weighted by Crippen LogP contribution is 2.25. The van der Waals surface area contributed by atoms with Crippen LogP contribution in [0.15, 0.2) is 22.7 Å². The Kier molecular flexibility index (Phi) is 4.41. The molecule has 0 amide bonds. The molecule has 0 unspecified atom stereocenters. The van der Waals surface area contributed by atoms with Crippen molar-refractivity contribution in [3.63, 3.8) is 0 Å². The minimum Gasteiger partial charge on any atom is -0.298 e. The second kappa shape index (κ2) is 5.37. The minimum atomic E-state index is -0.480. The van der Waals surface area contributed by atoms with Gasteiger partial charge in [-0.05, 0) is 27.6 Å². The van der Waals surface area contributed by atoms with Gasteiger partial charge in [-0.3, -0.25) is 14.9 Å². The van der Waals surface area contributed by atoms with E-state index in [-0.39, 0.29) is 23.2 Å². The van der Waals surface area contributed by atoms with Crippen molar-refractivity contribution in [2.24, 2.45) is 0 Å². The Balaban J connectivity index is 2.97. The SMILES string of the molecule is O=C(CBr)Cc1ccc(Br)c([N+](=O)[O-])c1. The minimum absolute atomic E-state index is 0.00776. The Hall–Kier alpha value is -0.750. The number of alkyl halides is 1. The topological polar surface area (TPSA) is 60.2 Å². The first kappa shape index (κ1) is 12.3. The van der Waals surface area contributed by atoms with Crippen LogP contribution in [-0.4, -0.2) is 16.0 Å². The molecule has 0 aliphatic rings. The van der Waals surface area contributed by atoms with Crippen molar-refractivity contribution in [1.29, 1.82) is 0 Å². The molecule has 1 rings (SSSR count). The highest BCUT2D eigenvalue weighted by atomic mass is 79.9. The van der Waals surface area contributed by atoms with Crippen LogP contribution in [0.25, 0.3) is 0 Å². The first-order valence-electron chi connectivity index (χ1n) is 4.05. The third-order valence-electron chi connectivity index (χ3n) is 1.76. The molecule has 0 saturated carbocycles. The molecule has 0 aromatic heterocycles. The zero-order valence-corrected chi connectivity index (χ0v) is 10.7. The highest BCUT2D eigenvalue weighted by molar-refractivity contribution is 9.10. The van der Waals surface area contributed by atoms with Gasteiger partial charge in [0.15, 0.2) is 0 Å². The summed E-state index contributed by atoms with van der Waals surface area (Å²) in [6.07, 6.45) is 0.208. The third-order valence-corrected chi connectivity index (χ3v) is 3.05. The van der Waals surface area contributed by atoms with Gasteiger partial charge in [0.2, 0.25) is 0 Å². The fraction of sp³-hybridized carbons (Fsp3) is 0.222.